The van der Waals surface area contributed by atoms with Crippen LogP contribution < -0.4 is 0 Å². The van der Waals surface area contributed by atoms with Gasteiger partial charge in [-0.15, -0.1) is 0 Å². The van der Waals surface area contributed by atoms with Gasteiger partial charge in [-0.1, -0.05) is 370 Å². The van der Waals surface area contributed by atoms with Gasteiger partial charge in [-0.3, -0.25) is 14.4 Å². The fourth-order valence-electron chi connectivity index (χ4n) is 18.9. The topological polar surface area (TPSA) is 124 Å². The second kappa shape index (κ2) is 30.1. The van der Waals surface area contributed by atoms with E-state index in [4.69, 9.17) is 17.7 Å². The highest BCUT2D eigenvalue weighted by atomic mass is 79.9. The third-order valence-electron chi connectivity index (χ3n) is 24.8. The Morgan fingerprint density at radius 2 is 0.626 bits per heavy atom. The third kappa shape index (κ3) is 12.8. The second-order valence-electron chi connectivity index (χ2n) is 35.2. The lowest BCUT2D eigenvalue weighted by molar-refractivity contribution is 0.0483. The van der Waals surface area contributed by atoms with Gasteiger partial charge in [-0.25, -0.2) is 0 Å². The van der Waals surface area contributed by atoms with Crippen molar-refractivity contribution in [3.63, 3.8) is 0 Å². The van der Waals surface area contributed by atoms with Gasteiger partial charge in [0.25, 0.3) is 0 Å². The molecule has 16 aromatic carbocycles. The number of benzene rings is 16. The monoisotopic (exact) mass is 1660 g/mol. The van der Waals surface area contributed by atoms with E-state index in [1.807, 2.05) is 152 Å². The van der Waals surface area contributed by atoms with Crippen molar-refractivity contribution >= 4 is 121 Å². The molecule has 4 aromatic heterocycles. The average molecular weight is 1660 g/mol. The van der Waals surface area contributed by atoms with Crippen LogP contribution in [0, 0.1) is 0 Å². The van der Waals surface area contributed by atoms with Crippen molar-refractivity contribution in [3.8, 4) is 89.0 Å². The van der Waals surface area contributed by atoms with Gasteiger partial charge in [0.05, 0.1) is 0 Å². The highest BCUT2D eigenvalue weighted by Crippen LogP contribution is 2.59. The molecule has 123 heavy (non-hydrogen) atoms. The maximum atomic E-state index is 15.7. The van der Waals surface area contributed by atoms with E-state index in [1.54, 1.807) is 0 Å². The van der Waals surface area contributed by atoms with Crippen LogP contribution >= 0.6 is 15.9 Å². The predicted octanol–water partition coefficient (Wildman–Crippen LogP) is 31.4. The summed E-state index contributed by atoms with van der Waals surface area (Å²) in [6, 6.07) is 110. The summed E-state index contributed by atoms with van der Waals surface area (Å²) in [5.41, 5.74) is 23.8. The molecule has 20 aromatic rings. The molecule has 0 fully saturated rings. The summed E-state index contributed by atoms with van der Waals surface area (Å²) in [4.78, 5) is 44.7. The molecule has 22 rings (SSSR count). The Morgan fingerprint density at radius 3 is 1.05 bits per heavy atom. The molecule has 0 saturated carbocycles. The number of carbonyl (C=O) groups is 3. The van der Waals surface area contributed by atoms with Crippen molar-refractivity contribution in [2.24, 2.45) is 0 Å². The van der Waals surface area contributed by atoms with E-state index in [9.17, 15) is 14.7 Å². The molecule has 1 N–H and O–H groups in total. The fourth-order valence-corrected chi connectivity index (χ4v) is 19.2. The first kappa shape index (κ1) is 77.8. The van der Waals surface area contributed by atoms with Gasteiger partial charge in [-0.2, -0.15) is 0 Å². The van der Waals surface area contributed by atoms with Crippen LogP contribution in [0.4, 0.5) is 0 Å². The molecule has 0 bridgehead atoms. The molecule has 0 saturated heterocycles. The largest absolute Gasteiger partial charge is 0.455 e. The van der Waals surface area contributed by atoms with E-state index in [-0.39, 0.29) is 23.0 Å². The minimum absolute atomic E-state index is 0.188. The SMILES string of the molecule is Brc1ccccc1.CC(C)c1cccc2c1oc1c(-c3ccccc3)cc3c(c12)-c1c(cc(C(C)(C)C)c2c1oc1c(-c4cccc(-c5ccccc5)c4)cccc12)C(=O)C3=O.CC(C)c1cccc2c1oc1c(-c3ccccc3)cc3c(c12)-c1c(cc(C(C)(C)C)c2c1oc1c(-c4cccc(-c5ccccc5)c4)cccc12)C(O)(c1ccccc1)C3=O. The van der Waals surface area contributed by atoms with Crippen molar-refractivity contribution in [2.45, 2.75) is 97.5 Å². The van der Waals surface area contributed by atoms with Gasteiger partial charge in [0.2, 0.25) is 17.3 Å². The minimum Gasteiger partial charge on any atom is -0.455 e. The number of Topliss-reactive ketones (excluding diaryl/α,β-unsaturated/α-hetero) is 3. The van der Waals surface area contributed by atoms with Gasteiger partial charge < -0.3 is 22.8 Å². The van der Waals surface area contributed by atoms with Crippen LogP contribution in [0.25, 0.3) is 177 Å². The number of rotatable bonds is 9. The molecular formula is C114H87BrO8. The molecule has 0 spiro atoms. The van der Waals surface area contributed by atoms with Crippen LogP contribution in [0.1, 0.15) is 146 Å². The molecule has 0 aliphatic heterocycles. The Morgan fingerprint density at radius 1 is 0.285 bits per heavy atom. The van der Waals surface area contributed by atoms with Crippen LogP contribution in [0.5, 0.6) is 0 Å². The summed E-state index contributed by atoms with van der Waals surface area (Å²) in [6.45, 7) is 21.6. The first-order valence-corrected chi connectivity index (χ1v) is 43.0. The molecule has 2 aliphatic rings. The number of halogens is 1. The summed E-state index contributed by atoms with van der Waals surface area (Å²) in [5.74, 6) is -1.05. The zero-order chi connectivity index (χ0) is 84.6. The van der Waals surface area contributed by atoms with Crippen LogP contribution in [0.3, 0.4) is 0 Å². The van der Waals surface area contributed by atoms with E-state index >= 15 is 4.79 Å². The lowest BCUT2D eigenvalue weighted by atomic mass is 9.67. The smallest absolute Gasteiger partial charge is 0.234 e. The van der Waals surface area contributed by atoms with Crippen LogP contribution in [-0.2, 0) is 16.4 Å². The molecule has 1 unspecified atom stereocenters. The predicted molar refractivity (Wildman–Crippen MR) is 508 cm³/mol. The Balaban J connectivity index is 0.000000145. The Kier molecular flexibility index (Phi) is 19.0. The van der Waals surface area contributed by atoms with Gasteiger partial charge in [0.15, 0.2) is 5.60 Å². The minimum atomic E-state index is -2.03. The Labute approximate surface area is 721 Å². The third-order valence-corrected chi connectivity index (χ3v) is 25.3. The highest BCUT2D eigenvalue weighted by molar-refractivity contribution is 9.10. The maximum absolute atomic E-state index is 15.7. The molecule has 0 radical (unpaired) electrons. The first-order chi connectivity index (χ1) is 59.5. The molecule has 9 heteroatoms. The van der Waals surface area contributed by atoms with Gasteiger partial charge >= 0.3 is 0 Å². The molecule has 598 valence electrons. The number of hydrogen-bond donors (Lipinski definition) is 1. The lowest BCUT2D eigenvalue weighted by Crippen LogP contribution is -2.41. The number of fused-ring (bicyclic) bond motifs is 22. The van der Waals surface area contributed by atoms with E-state index in [2.05, 4.69) is 261 Å². The van der Waals surface area contributed by atoms with Gasteiger partial charge in [0.1, 0.15) is 44.7 Å². The van der Waals surface area contributed by atoms with Crippen LogP contribution in [0.2, 0.25) is 0 Å². The summed E-state index contributed by atoms with van der Waals surface area (Å²) in [6.07, 6.45) is 0. The average Bonchev–Trinajstić information content (AvgIpc) is 1.61. The number of aliphatic hydroxyl groups is 1. The summed E-state index contributed by atoms with van der Waals surface area (Å²) >= 11 is 3.31. The quantitative estimate of drug-likeness (QED) is 0.142. The number of furan rings is 4. The summed E-state index contributed by atoms with van der Waals surface area (Å²) in [5, 5.41) is 20.8. The fraction of sp³-hybridized carbons (Fsp3) is 0.132. The summed E-state index contributed by atoms with van der Waals surface area (Å²) in [7, 11) is 0. The number of para-hydroxylation sites is 4. The maximum Gasteiger partial charge on any atom is 0.234 e. The molecular weight excluding hydrogens is 1580 g/mol. The Bertz CT molecular complexity index is 7680. The molecule has 0 amide bonds. The standard InChI is InChI=1S/C57H44O4.C51H38O4.C6H5Br/c1-33(2)39-26-16-29-42-49-48-44(31-43(53(49)60-51(39)42)35-20-11-7-12-21-35)55(58)57(59,38-24-13-8-14-25-38)46-32-45(56(3,4)5)47-41-28-17-27-40(52(41)61-54(47)50(46)48)37-23-15-22-36(30-37)34-18-9-6-10-19-34;1-28(2)33-21-13-24-36-43-42-38(26-37(49(43)54-47(33)36)30-17-10-7-11-18-30)45(52)46(53)39-27-40(51(3,4)5)41-35-23-14-22-34(48(35)55-50(41)44(39)42)32-20-12-19-31(25-32)29-15-8-6-9-16-29;7-6-4-2-1-3-5-6/h6-33,59H,1-5H3;6-28H,1-5H3;1-5H. The van der Waals surface area contributed by atoms with Crippen LogP contribution in [-0.4, -0.2) is 22.5 Å². The zero-order valence-corrected chi connectivity index (χ0v) is 71.6. The molecule has 4 heterocycles. The van der Waals surface area contributed by atoms with Gasteiger partial charge in [0, 0.05) is 114 Å². The van der Waals surface area contributed by atoms with Crippen molar-refractivity contribution in [2.75, 3.05) is 0 Å². The number of ketones is 3. The van der Waals surface area contributed by atoms with Crippen molar-refractivity contribution in [3.05, 3.63) is 382 Å². The van der Waals surface area contributed by atoms with E-state index < -0.39 is 22.6 Å². The van der Waals surface area contributed by atoms with Gasteiger partial charge in [-0.05, 0) is 137 Å². The van der Waals surface area contributed by atoms with Crippen molar-refractivity contribution in [1.29, 1.82) is 0 Å². The van der Waals surface area contributed by atoms with Crippen molar-refractivity contribution < 1.29 is 37.2 Å². The molecule has 1 atom stereocenters. The van der Waals surface area contributed by atoms with Crippen LogP contribution in [0.15, 0.2) is 350 Å². The second-order valence-corrected chi connectivity index (χ2v) is 36.1. The zero-order valence-electron chi connectivity index (χ0n) is 70.0. The number of hydrogen-bond acceptors (Lipinski definition) is 8. The van der Waals surface area contributed by atoms with Crippen molar-refractivity contribution in [1.82, 2.24) is 0 Å². The van der Waals surface area contributed by atoms with E-state index in [1.165, 1.54) is 0 Å². The number of carbonyl (C=O) groups excluding carboxylic acids is 3. The lowest BCUT2D eigenvalue weighted by Gasteiger charge is -2.37. The highest BCUT2D eigenvalue weighted by Gasteiger charge is 2.50. The summed E-state index contributed by atoms with van der Waals surface area (Å²) < 4.78 is 29.7. The van der Waals surface area contributed by atoms with E-state index in [0.29, 0.717) is 72.4 Å². The first-order valence-electron chi connectivity index (χ1n) is 42.2. The Hall–Kier alpha value is -13.8. The normalized spacial score (nSPS) is 13.9. The van der Waals surface area contributed by atoms with E-state index in [0.717, 1.165) is 159 Å². The molecule has 8 nitrogen and oxygen atoms in total. The molecule has 2 aliphatic carbocycles.